The molecule has 1 atom stereocenters. The van der Waals surface area contributed by atoms with E-state index in [-0.39, 0.29) is 12.1 Å². The van der Waals surface area contributed by atoms with Gasteiger partial charge in [0.05, 0.1) is 10.6 Å². The van der Waals surface area contributed by atoms with Crippen molar-refractivity contribution in [3.63, 3.8) is 0 Å². The van der Waals surface area contributed by atoms with Gasteiger partial charge in [-0.15, -0.1) is 0 Å². The maximum absolute atomic E-state index is 13.2. The van der Waals surface area contributed by atoms with E-state index in [0.29, 0.717) is 16.8 Å². The topological polar surface area (TPSA) is 81.8 Å². The van der Waals surface area contributed by atoms with Crippen molar-refractivity contribution in [2.24, 2.45) is 4.99 Å². The zero-order chi connectivity index (χ0) is 24.0. The summed E-state index contributed by atoms with van der Waals surface area (Å²) in [6.07, 6.45) is 0.0517. The van der Waals surface area contributed by atoms with Gasteiger partial charge in [0, 0.05) is 28.7 Å². The molecule has 6 heteroatoms. The van der Waals surface area contributed by atoms with Gasteiger partial charge in [0.1, 0.15) is 5.60 Å². The number of aliphatic imine (C=N–C) groups is 1. The van der Waals surface area contributed by atoms with Gasteiger partial charge in [0.25, 0.3) is 5.69 Å². The molecule has 170 valence electrons. The van der Waals surface area contributed by atoms with Gasteiger partial charge in [-0.1, -0.05) is 78.9 Å². The molecular formula is C27H28N2O4. The largest absolute Gasteiger partial charge is 0.458 e. The van der Waals surface area contributed by atoms with Gasteiger partial charge in [-0.2, -0.15) is 0 Å². The van der Waals surface area contributed by atoms with Crippen molar-refractivity contribution in [1.29, 1.82) is 0 Å². The minimum atomic E-state index is -0.958. The molecule has 0 radical (unpaired) electrons. The zero-order valence-corrected chi connectivity index (χ0v) is 19.3. The highest BCUT2D eigenvalue weighted by atomic mass is 16.6. The molecule has 0 aliphatic rings. The number of benzene rings is 3. The lowest BCUT2D eigenvalue weighted by Gasteiger charge is -2.23. The third-order valence-electron chi connectivity index (χ3n) is 4.98. The van der Waals surface area contributed by atoms with Crippen LogP contribution in [0.5, 0.6) is 0 Å². The van der Waals surface area contributed by atoms with E-state index in [4.69, 9.17) is 9.73 Å². The molecule has 0 aromatic heterocycles. The second-order valence-electron chi connectivity index (χ2n) is 8.80. The highest BCUT2D eigenvalue weighted by molar-refractivity contribution is 6.13. The summed E-state index contributed by atoms with van der Waals surface area (Å²) >= 11 is 0. The van der Waals surface area contributed by atoms with Gasteiger partial charge in [-0.25, -0.2) is 4.79 Å². The summed E-state index contributed by atoms with van der Waals surface area (Å²) in [6, 6.07) is 23.3. The molecule has 3 aromatic carbocycles. The van der Waals surface area contributed by atoms with Crippen molar-refractivity contribution in [2.75, 3.05) is 0 Å². The normalized spacial score (nSPS) is 12.0. The monoisotopic (exact) mass is 444 g/mol. The summed E-state index contributed by atoms with van der Waals surface area (Å²) in [5.74, 6) is -0.525. The first kappa shape index (κ1) is 23.9. The highest BCUT2D eigenvalue weighted by Gasteiger charge is 2.29. The Morgan fingerprint density at radius 1 is 0.939 bits per heavy atom. The van der Waals surface area contributed by atoms with Gasteiger partial charge < -0.3 is 4.74 Å². The first-order valence-electron chi connectivity index (χ1n) is 10.8. The van der Waals surface area contributed by atoms with Crippen molar-refractivity contribution in [1.82, 2.24) is 0 Å². The van der Waals surface area contributed by atoms with Crippen LogP contribution >= 0.6 is 0 Å². The zero-order valence-electron chi connectivity index (χ0n) is 19.3. The van der Waals surface area contributed by atoms with Crippen LogP contribution in [-0.2, 0) is 16.0 Å². The summed E-state index contributed by atoms with van der Waals surface area (Å²) in [5.41, 5.74) is 2.58. The number of carbonyl (C=O) groups is 1. The van der Waals surface area contributed by atoms with Gasteiger partial charge in [0.15, 0.2) is 6.04 Å². The van der Waals surface area contributed by atoms with Crippen molar-refractivity contribution < 1.29 is 14.5 Å². The summed E-state index contributed by atoms with van der Waals surface area (Å²) < 4.78 is 5.66. The average molecular weight is 445 g/mol. The smallest absolute Gasteiger partial charge is 0.331 e. The van der Waals surface area contributed by atoms with Gasteiger partial charge >= 0.3 is 5.97 Å². The van der Waals surface area contributed by atoms with Crippen molar-refractivity contribution in [3.8, 4) is 0 Å². The van der Waals surface area contributed by atoms with Crippen LogP contribution in [0.3, 0.4) is 0 Å². The molecule has 0 N–H and O–H groups in total. The molecule has 33 heavy (non-hydrogen) atoms. The first-order valence-corrected chi connectivity index (χ1v) is 10.8. The van der Waals surface area contributed by atoms with E-state index < -0.39 is 22.5 Å². The Morgan fingerprint density at radius 3 is 1.97 bits per heavy atom. The Hall–Kier alpha value is -3.80. The molecule has 0 bridgehead atoms. The maximum atomic E-state index is 13.2. The highest BCUT2D eigenvalue weighted by Crippen LogP contribution is 2.26. The Morgan fingerprint density at radius 2 is 1.48 bits per heavy atom. The number of esters is 1. The summed E-state index contributed by atoms with van der Waals surface area (Å²) in [4.78, 5) is 29.4. The van der Waals surface area contributed by atoms with Crippen molar-refractivity contribution in [3.05, 3.63) is 111 Å². The Kier molecular flexibility index (Phi) is 7.38. The predicted octanol–water partition coefficient (Wildman–Crippen LogP) is 5.69. The predicted molar refractivity (Wildman–Crippen MR) is 130 cm³/mol. The molecule has 0 saturated heterocycles. The van der Waals surface area contributed by atoms with Crippen LogP contribution in [0, 0.1) is 17.0 Å². The van der Waals surface area contributed by atoms with Crippen molar-refractivity contribution in [2.45, 2.75) is 45.8 Å². The van der Waals surface area contributed by atoms with E-state index in [1.807, 2.05) is 60.7 Å². The molecule has 0 aliphatic heterocycles. The second-order valence-corrected chi connectivity index (χ2v) is 8.80. The number of rotatable bonds is 7. The fourth-order valence-corrected chi connectivity index (χ4v) is 3.57. The van der Waals surface area contributed by atoms with Crippen LogP contribution in [-0.4, -0.2) is 28.2 Å². The molecule has 3 aromatic rings. The van der Waals surface area contributed by atoms with Gasteiger partial charge in [-0.05, 0) is 27.7 Å². The van der Waals surface area contributed by atoms with Crippen LogP contribution in [0.1, 0.15) is 43.0 Å². The van der Waals surface area contributed by atoms with E-state index in [2.05, 4.69) is 0 Å². The van der Waals surface area contributed by atoms with Crippen molar-refractivity contribution >= 4 is 17.4 Å². The molecule has 6 nitrogen and oxygen atoms in total. The molecule has 0 saturated carbocycles. The van der Waals surface area contributed by atoms with E-state index in [9.17, 15) is 14.9 Å². The van der Waals surface area contributed by atoms with Crippen LogP contribution in [0.25, 0.3) is 0 Å². The quantitative estimate of drug-likeness (QED) is 0.203. The van der Waals surface area contributed by atoms with Crippen LogP contribution in [0.15, 0.2) is 83.9 Å². The molecule has 3 rings (SSSR count). The summed E-state index contributed by atoms with van der Waals surface area (Å²) in [6.45, 7) is 7.05. The average Bonchev–Trinajstić information content (AvgIpc) is 2.76. The van der Waals surface area contributed by atoms with E-state index in [1.54, 1.807) is 45.9 Å². The molecule has 0 heterocycles. The number of carbonyl (C=O) groups excluding carboxylic acids is 1. The number of hydrogen-bond acceptors (Lipinski definition) is 5. The number of nitro benzene ring substituents is 1. The Labute approximate surface area is 194 Å². The fraction of sp³-hybridized carbons (Fsp3) is 0.259. The van der Waals surface area contributed by atoms with E-state index >= 15 is 0 Å². The summed E-state index contributed by atoms with van der Waals surface area (Å²) in [5, 5.41) is 11.7. The second kappa shape index (κ2) is 10.2. The van der Waals surface area contributed by atoms with Gasteiger partial charge in [-0.3, -0.25) is 15.1 Å². The lowest BCUT2D eigenvalue weighted by molar-refractivity contribution is -0.386. The van der Waals surface area contributed by atoms with Crippen LogP contribution in [0.4, 0.5) is 5.69 Å². The molecular weight excluding hydrogens is 416 g/mol. The number of nitrogens with zero attached hydrogens (tertiary/aromatic N) is 2. The first-order chi connectivity index (χ1) is 15.7. The number of hydrogen-bond donors (Lipinski definition) is 0. The Bertz CT molecular complexity index is 1110. The molecule has 0 amide bonds. The minimum absolute atomic E-state index is 0.00207. The molecule has 0 fully saturated rings. The minimum Gasteiger partial charge on any atom is -0.458 e. The lowest BCUT2D eigenvalue weighted by atomic mass is 9.99. The fourth-order valence-electron chi connectivity index (χ4n) is 3.57. The number of para-hydroxylation sites is 1. The van der Waals surface area contributed by atoms with E-state index in [0.717, 1.165) is 11.1 Å². The number of ether oxygens (including phenoxy) is 1. The third-order valence-corrected chi connectivity index (χ3v) is 4.98. The molecule has 0 spiro atoms. The molecule has 0 aliphatic carbocycles. The Balaban J connectivity index is 2.14. The standard InChI is InChI=1S/C27H28N2O4/c1-19-12-11-17-22(25(19)29(31)32)18-23(26(30)33-27(2,3)4)28-24(20-13-7-5-8-14-20)21-15-9-6-10-16-21/h5-17,23H,18H2,1-4H3/t23-/m0/s1. The number of nitro groups is 1. The lowest BCUT2D eigenvalue weighted by Crippen LogP contribution is -2.33. The summed E-state index contributed by atoms with van der Waals surface area (Å²) in [7, 11) is 0. The van der Waals surface area contributed by atoms with Crippen LogP contribution < -0.4 is 0 Å². The van der Waals surface area contributed by atoms with Crippen LogP contribution in [0.2, 0.25) is 0 Å². The maximum Gasteiger partial charge on any atom is 0.331 e. The van der Waals surface area contributed by atoms with E-state index in [1.165, 1.54) is 0 Å². The number of aryl methyl sites for hydroxylation is 1. The van der Waals surface area contributed by atoms with Gasteiger partial charge in [0.2, 0.25) is 0 Å². The third kappa shape index (κ3) is 6.35. The molecule has 0 unspecified atom stereocenters. The SMILES string of the molecule is Cc1cccc(C[C@H](N=C(c2ccccc2)c2ccccc2)C(=O)OC(C)(C)C)c1[N+](=O)[O-].